The fourth-order valence-electron chi connectivity index (χ4n) is 6.28. The smallest absolute Gasteiger partial charge is 0.307 e. The third-order valence-electron chi connectivity index (χ3n) is 9.62. The molecule has 2 rings (SSSR count). The lowest BCUT2D eigenvalue weighted by atomic mass is 10.0. The predicted molar refractivity (Wildman–Crippen MR) is 210 cm³/mol. The number of ether oxygens (including phenoxy) is 2. The molecule has 0 fully saturated rings. The van der Waals surface area contributed by atoms with E-state index in [0.717, 1.165) is 61.5 Å². The van der Waals surface area contributed by atoms with Crippen LogP contribution in [0.1, 0.15) is 154 Å². The van der Waals surface area contributed by atoms with Gasteiger partial charge in [0.2, 0.25) is 0 Å². The van der Waals surface area contributed by atoms with Gasteiger partial charge in [-0.15, -0.1) is 0 Å². The molecule has 0 bridgehead atoms. The summed E-state index contributed by atoms with van der Waals surface area (Å²) in [6, 6.07) is 16.4. The van der Waals surface area contributed by atoms with Crippen molar-refractivity contribution >= 4 is 11.9 Å². The van der Waals surface area contributed by atoms with E-state index in [2.05, 4.69) is 61.8 Å². The van der Waals surface area contributed by atoms with Crippen molar-refractivity contribution in [3.05, 3.63) is 59.7 Å². The number of unbranched alkanes of at least 4 members (excludes halogenated alkanes) is 12. The van der Waals surface area contributed by atoms with Crippen LogP contribution in [0.3, 0.4) is 0 Å². The summed E-state index contributed by atoms with van der Waals surface area (Å²) in [4.78, 5) is 30.1. The average molecular weight is 693 g/mol. The van der Waals surface area contributed by atoms with Crippen molar-refractivity contribution in [1.29, 1.82) is 0 Å². The van der Waals surface area contributed by atoms with E-state index in [-0.39, 0.29) is 11.9 Å². The first-order valence-corrected chi connectivity index (χ1v) is 20.4. The van der Waals surface area contributed by atoms with Gasteiger partial charge >= 0.3 is 11.9 Å². The Morgan fingerprint density at radius 2 is 0.720 bits per heavy atom. The molecule has 0 aromatic heterocycles. The molecule has 0 unspecified atom stereocenters. The van der Waals surface area contributed by atoms with E-state index in [1.165, 1.54) is 103 Å². The molecule has 0 aliphatic carbocycles. The average Bonchev–Trinajstić information content (AvgIpc) is 3.14. The van der Waals surface area contributed by atoms with Crippen LogP contribution in [0, 0.1) is 0 Å². The zero-order valence-corrected chi connectivity index (χ0v) is 32.5. The number of hydrogen-bond acceptors (Lipinski definition) is 6. The summed E-state index contributed by atoms with van der Waals surface area (Å²) in [6.45, 7) is 15.4. The minimum Gasteiger partial charge on any atom is -0.461 e. The standard InChI is InChI=1S/C44H72N2O4/c1-5-9-13-15-19-33-45(31-17-11-7-3)35-29-43(47)49-37-39-21-25-41(26-22-39)42-27-23-40(24-28-42)38-50-44(48)30-36-46(32-18-12-8-4)34-20-16-14-10-6-2/h21-28H,5-20,29-38H2,1-4H3. The highest BCUT2D eigenvalue weighted by molar-refractivity contribution is 5.70. The minimum absolute atomic E-state index is 0.126. The van der Waals surface area contributed by atoms with Crippen LogP contribution in [0.25, 0.3) is 11.1 Å². The summed E-state index contributed by atoms with van der Waals surface area (Å²) >= 11 is 0. The van der Waals surface area contributed by atoms with E-state index < -0.39 is 0 Å². The Labute approximate surface area is 306 Å². The molecule has 2 aromatic rings. The van der Waals surface area contributed by atoms with Gasteiger partial charge in [0.15, 0.2) is 0 Å². The Kier molecular flexibility index (Phi) is 25.2. The zero-order chi connectivity index (χ0) is 36.1. The largest absolute Gasteiger partial charge is 0.461 e. The van der Waals surface area contributed by atoms with Gasteiger partial charge in [0, 0.05) is 13.1 Å². The maximum absolute atomic E-state index is 12.6. The van der Waals surface area contributed by atoms with Gasteiger partial charge in [-0.1, -0.05) is 153 Å². The Hall–Kier alpha value is -2.70. The van der Waals surface area contributed by atoms with Crippen LogP contribution >= 0.6 is 0 Å². The molecule has 0 atom stereocenters. The van der Waals surface area contributed by atoms with Crippen molar-refractivity contribution in [2.75, 3.05) is 39.3 Å². The molecule has 2 aromatic carbocycles. The molecule has 0 spiro atoms. The van der Waals surface area contributed by atoms with E-state index in [9.17, 15) is 9.59 Å². The molecule has 0 radical (unpaired) electrons. The first-order valence-electron chi connectivity index (χ1n) is 20.4. The molecule has 0 aliphatic rings. The van der Waals surface area contributed by atoms with E-state index >= 15 is 0 Å². The fourth-order valence-corrected chi connectivity index (χ4v) is 6.28. The predicted octanol–water partition coefficient (Wildman–Crippen LogP) is 11.1. The number of carbonyl (C=O) groups excluding carboxylic acids is 2. The van der Waals surface area contributed by atoms with Crippen LogP contribution in [-0.2, 0) is 32.3 Å². The summed E-state index contributed by atoms with van der Waals surface area (Å²) in [5, 5.41) is 0. The molecule has 282 valence electrons. The second-order valence-corrected chi connectivity index (χ2v) is 14.1. The van der Waals surface area contributed by atoms with Crippen molar-refractivity contribution in [3.8, 4) is 11.1 Å². The lowest BCUT2D eigenvalue weighted by Gasteiger charge is -2.22. The van der Waals surface area contributed by atoms with Crippen LogP contribution < -0.4 is 0 Å². The summed E-state index contributed by atoms with van der Waals surface area (Å²) < 4.78 is 11.3. The van der Waals surface area contributed by atoms with Gasteiger partial charge in [0.05, 0.1) is 12.8 Å². The number of carbonyl (C=O) groups is 2. The molecule has 50 heavy (non-hydrogen) atoms. The van der Waals surface area contributed by atoms with Crippen molar-refractivity contribution < 1.29 is 19.1 Å². The summed E-state index contributed by atoms with van der Waals surface area (Å²) in [5.74, 6) is -0.252. The van der Waals surface area contributed by atoms with Crippen LogP contribution in [0.15, 0.2) is 48.5 Å². The highest BCUT2D eigenvalue weighted by atomic mass is 16.5. The van der Waals surface area contributed by atoms with Gasteiger partial charge < -0.3 is 19.3 Å². The van der Waals surface area contributed by atoms with E-state index in [1.54, 1.807) is 0 Å². The van der Waals surface area contributed by atoms with Gasteiger partial charge in [0.25, 0.3) is 0 Å². The Morgan fingerprint density at radius 1 is 0.420 bits per heavy atom. The number of esters is 2. The van der Waals surface area contributed by atoms with Gasteiger partial charge in [-0.3, -0.25) is 9.59 Å². The van der Waals surface area contributed by atoms with Gasteiger partial charge in [0.1, 0.15) is 13.2 Å². The lowest BCUT2D eigenvalue weighted by Crippen LogP contribution is -2.29. The highest BCUT2D eigenvalue weighted by Gasteiger charge is 2.12. The van der Waals surface area contributed by atoms with Crippen molar-refractivity contribution in [2.45, 2.75) is 156 Å². The number of rotatable bonds is 31. The minimum atomic E-state index is -0.126. The summed E-state index contributed by atoms with van der Waals surface area (Å²) in [5.41, 5.74) is 4.18. The summed E-state index contributed by atoms with van der Waals surface area (Å²) in [7, 11) is 0. The molecular weight excluding hydrogens is 620 g/mol. The summed E-state index contributed by atoms with van der Waals surface area (Å²) in [6.07, 6.45) is 20.9. The first kappa shape index (κ1) is 43.5. The topological polar surface area (TPSA) is 59.1 Å². The monoisotopic (exact) mass is 693 g/mol. The first-order chi connectivity index (χ1) is 24.5. The molecular formula is C44H72N2O4. The van der Waals surface area contributed by atoms with Gasteiger partial charge in [-0.25, -0.2) is 0 Å². The molecule has 0 saturated heterocycles. The van der Waals surface area contributed by atoms with E-state index in [4.69, 9.17) is 9.47 Å². The number of hydrogen-bond donors (Lipinski definition) is 0. The Morgan fingerprint density at radius 3 is 1.06 bits per heavy atom. The van der Waals surface area contributed by atoms with Crippen molar-refractivity contribution in [3.63, 3.8) is 0 Å². The maximum Gasteiger partial charge on any atom is 0.307 e. The number of nitrogens with zero attached hydrogens (tertiary/aromatic N) is 2. The van der Waals surface area contributed by atoms with Gasteiger partial charge in [-0.05, 0) is 74.1 Å². The van der Waals surface area contributed by atoms with Gasteiger partial charge in [-0.2, -0.15) is 0 Å². The SMILES string of the molecule is CCCCCCCN(CCCCC)CCC(=O)OCc1ccc(-c2ccc(COC(=O)CCN(CCCCC)CCCCCCC)cc2)cc1. The third kappa shape index (κ3) is 20.8. The van der Waals surface area contributed by atoms with E-state index in [1.807, 2.05) is 24.3 Å². The second kappa shape index (κ2) is 28.9. The van der Waals surface area contributed by atoms with Crippen LogP contribution in [0.2, 0.25) is 0 Å². The maximum atomic E-state index is 12.6. The van der Waals surface area contributed by atoms with Crippen LogP contribution in [0.5, 0.6) is 0 Å². The highest BCUT2D eigenvalue weighted by Crippen LogP contribution is 2.21. The van der Waals surface area contributed by atoms with Crippen molar-refractivity contribution in [1.82, 2.24) is 9.80 Å². The number of benzene rings is 2. The molecule has 0 N–H and O–H groups in total. The van der Waals surface area contributed by atoms with E-state index in [0.29, 0.717) is 26.1 Å². The Balaban J connectivity index is 1.74. The Bertz CT molecular complexity index is 1030. The van der Waals surface area contributed by atoms with Crippen molar-refractivity contribution in [2.24, 2.45) is 0 Å². The lowest BCUT2D eigenvalue weighted by molar-refractivity contribution is -0.146. The molecule has 6 nitrogen and oxygen atoms in total. The zero-order valence-electron chi connectivity index (χ0n) is 32.5. The fraction of sp³-hybridized carbons (Fsp3) is 0.682. The quantitative estimate of drug-likeness (QED) is 0.0579. The van der Waals surface area contributed by atoms with Crippen LogP contribution in [0.4, 0.5) is 0 Å². The van der Waals surface area contributed by atoms with Crippen LogP contribution in [-0.4, -0.2) is 61.0 Å². The molecule has 0 amide bonds. The second-order valence-electron chi connectivity index (χ2n) is 14.1. The molecule has 0 aliphatic heterocycles. The normalized spacial score (nSPS) is 11.4. The molecule has 0 heterocycles. The third-order valence-corrected chi connectivity index (χ3v) is 9.62. The molecule has 0 saturated carbocycles. The molecule has 6 heteroatoms.